The zero-order valence-electron chi connectivity index (χ0n) is 15.1. The number of aromatic nitrogens is 1. The normalized spacial score (nSPS) is 17.6. The van der Waals surface area contributed by atoms with Crippen LogP contribution in [-0.4, -0.2) is 55.7 Å². The van der Waals surface area contributed by atoms with Gasteiger partial charge in [0.15, 0.2) is 0 Å². The minimum absolute atomic E-state index is 0.0923. The van der Waals surface area contributed by atoms with Gasteiger partial charge in [-0.25, -0.2) is 4.98 Å². The Morgan fingerprint density at radius 3 is 3.00 bits per heavy atom. The molecule has 1 saturated heterocycles. The van der Waals surface area contributed by atoms with E-state index < -0.39 is 0 Å². The zero-order valence-corrected chi connectivity index (χ0v) is 15.9. The van der Waals surface area contributed by atoms with Gasteiger partial charge in [0.2, 0.25) is 0 Å². The van der Waals surface area contributed by atoms with Crippen LogP contribution in [0.4, 0.5) is 5.82 Å². The van der Waals surface area contributed by atoms with E-state index in [1.165, 1.54) is 16.9 Å². The van der Waals surface area contributed by atoms with Crippen LogP contribution in [0.3, 0.4) is 0 Å². The van der Waals surface area contributed by atoms with E-state index in [2.05, 4.69) is 11.1 Å². The lowest BCUT2D eigenvalue weighted by molar-refractivity contribution is -0.0244. The van der Waals surface area contributed by atoms with Gasteiger partial charge in [0.05, 0.1) is 17.6 Å². The Morgan fingerprint density at radius 2 is 2.28 bits per heavy atom. The number of thiophene rings is 1. The van der Waals surface area contributed by atoms with Crippen LogP contribution in [0.15, 0.2) is 29.8 Å². The Bertz CT molecular complexity index is 729. The molecule has 5 nitrogen and oxygen atoms in total. The summed E-state index contributed by atoms with van der Waals surface area (Å²) in [5.74, 6) is 1.09. The van der Waals surface area contributed by atoms with Crippen LogP contribution in [0.25, 0.3) is 0 Å². The molecule has 0 saturated carbocycles. The van der Waals surface area contributed by atoms with Gasteiger partial charge in [-0.15, -0.1) is 11.3 Å². The average molecular weight is 359 g/mol. The first-order valence-corrected chi connectivity index (χ1v) is 9.49. The van der Waals surface area contributed by atoms with Gasteiger partial charge < -0.3 is 14.5 Å². The van der Waals surface area contributed by atoms with Crippen molar-refractivity contribution >= 4 is 23.1 Å². The first kappa shape index (κ1) is 17.9. The van der Waals surface area contributed by atoms with Gasteiger partial charge in [0, 0.05) is 33.4 Å². The molecular weight excluding hydrogens is 334 g/mol. The van der Waals surface area contributed by atoms with Crippen LogP contribution in [0, 0.1) is 6.92 Å². The summed E-state index contributed by atoms with van der Waals surface area (Å²) in [6.07, 6.45) is 3.77. The van der Waals surface area contributed by atoms with Crippen LogP contribution in [0.1, 0.15) is 27.2 Å². The van der Waals surface area contributed by atoms with Crippen molar-refractivity contribution < 1.29 is 9.53 Å². The molecule has 0 aromatic carbocycles. The van der Waals surface area contributed by atoms with Crippen molar-refractivity contribution in [3.63, 3.8) is 0 Å². The van der Waals surface area contributed by atoms with Gasteiger partial charge in [-0.1, -0.05) is 0 Å². The zero-order chi connectivity index (χ0) is 17.8. The first-order chi connectivity index (χ1) is 12.0. The Morgan fingerprint density at radius 1 is 1.44 bits per heavy atom. The average Bonchev–Trinajstić information content (AvgIpc) is 3.06. The summed E-state index contributed by atoms with van der Waals surface area (Å²) in [5.41, 5.74) is 2.40. The van der Waals surface area contributed by atoms with E-state index in [4.69, 9.17) is 4.74 Å². The summed E-state index contributed by atoms with van der Waals surface area (Å²) in [7, 11) is 3.98. The molecule has 25 heavy (non-hydrogen) atoms. The number of aryl methyl sites for hydroxylation is 2. The Balaban J connectivity index is 1.57. The van der Waals surface area contributed by atoms with E-state index in [-0.39, 0.29) is 12.0 Å². The Hall–Kier alpha value is -1.92. The highest BCUT2D eigenvalue weighted by Gasteiger charge is 2.25. The molecule has 2 aromatic heterocycles. The van der Waals surface area contributed by atoms with Crippen LogP contribution >= 0.6 is 11.3 Å². The van der Waals surface area contributed by atoms with E-state index >= 15 is 0 Å². The molecule has 0 spiro atoms. The molecule has 6 heteroatoms. The fourth-order valence-electron chi connectivity index (χ4n) is 2.97. The SMILES string of the molecule is Cc1csc(C(=O)N2CCO[C@H](CCc3ccnc(N(C)C)c3)C2)c1. The second kappa shape index (κ2) is 7.97. The maximum absolute atomic E-state index is 12.6. The van der Waals surface area contributed by atoms with Crippen molar-refractivity contribution in [3.05, 3.63) is 45.8 Å². The third kappa shape index (κ3) is 4.58. The Kier molecular flexibility index (Phi) is 5.71. The van der Waals surface area contributed by atoms with Crippen LogP contribution in [0.2, 0.25) is 0 Å². The van der Waals surface area contributed by atoms with Crippen LogP contribution in [-0.2, 0) is 11.2 Å². The molecule has 1 fully saturated rings. The number of morpholine rings is 1. The lowest BCUT2D eigenvalue weighted by Gasteiger charge is -2.32. The summed E-state index contributed by atoms with van der Waals surface area (Å²) in [6.45, 7) is 3.97. The molecule has 0 bridgehead atoms. The molecule has 3 heterocycles. The topological polar surface area (TPSA) is 45.7 Å². The molecule has 1 aliphatic rings. The molecule has 0 aliphatic carbocycles. The largest absolute Gasteiger partial charge is 0.375 e. The summed E-state index contributed by atoms with van der Waals surface area (Å²) in [6, 6.07) is 6.13. The summed E-state index contributed by atoms with van der Waals surface area (Å²) in [5, 5.41) is 2.02. The molecule has 0 unspecified atom stereocenters. The van der Waals surface area contributed by atoms with E-state index in [1.54, 1.807) is 0 Å². The van der Waals surface area contributed by atoms with Gasteiger partial charge in [0.25, 0.3) is 5.91 Å². The smallest absolute Gasteiger partial charge is 0.264 e. The molecule has 134 valence electrons. The van der Waals surface area contributed by atoms with Crippen molar-refractivity contribution in [2.45, 2.75) is 25.9 Å². The monoisotopic (exact) mass is 359 g/mol. The maximum atomic E-state index is 12.6. The molecule has 1 amide bonds. The second-order valence-corrected chi connectivity index (χ2v) is 7.60. The van der Waals surface area contributed by atoms with E-state index in [0.29, 0.717) is 19.7 Å². The number of anilines is 1. The molecule has 0 radical (unpaired) electrons. The fraction of sp³-hybridized carbons (Fsp3) is 0.474. The van der Waals surface area contributed by atoms with E-state index in [9.17, 15) is 4.79 Å². The Labute approximate surface area is 153 Å². The number of carbonyl (C=O) groups excluding carboxylic acids is 1. The van der Waals surface area contributed by atoms with Crippen molar-refractivity contribution in [2.75, 3.05) is 38.7 Å². The minimum atomic E-state index is 0.0923. The molecule has 0 N–H and O–H groups in total. The number of carbonyl (C=O) groups is 1. The summed E-state index contributed by atoms with van der Waals surface area (Å²) >= 11 is 1.52. The number of amides is 1. The number of hydrogen-bond acceptors (Lipinski definition) is 5. The second-order valence-electron chi connectivity index (χ2n) is 6.69. The maximum Gasteiger partial charge on any atom is 0.264 e. The van der Waals surface area contributed by atoms with Crippen LogP contribution < -0.4 is 4.90 Å². The predicted molar refractivity (Wildman–Crippen MR) is 102 cm³/mol. The fourth-order valence-corrected chi connectivity index (χ4v) is 3.83. The molecule has 1 atom stereocenters. The third-order valence-electron chi connectivity index (χ3n) is 4.39. The highest BCUT2D eigenvalue weighted by molar-refractivity contribution is 7.12. The molecular formula is C19H25N3O2S. The minimum Gasteiger partial charge on any atom is -0.375 e. The highest BCUT2D eigenvalue weighted by atomic mass is 32.1. The summed E-state index contributed by atoms with van der Waals surface area (Å²) in [4.78, 5) is 21.7. The summed E-state index contributed by atoms with van der Waals surface area (Å²) < 4.78 is 5.88. The number of pyridine rings is 1. The van der Waals surface area contributed by atoms with E-state index in [1.807, 2.05) is 54.5 Å². The first-order valence-electron chi connectivity index (χ1n) is 8.61. The number of ether oxygens (including phenoxy) is 1. The van der Waals surface area contributed by atoms with E-state index in [0.717, 1.165) is 29.1 Å². The lowest BCUT2D eigenvalue weighted by Crippen LogP contribution is -2.45. The number of hydrogen-bond donors (Lipinski definition) is 0. The van der Waals surface area contributed by atoms with Crippen molar-refractivity contribution in [2.24, 2.45) is 0 Å². The standard InChI is InChI=1S/C19H25N3O2S/c1-14-10-17(25-13-14)19(23)22-8-9-24-16(12-22)5-4-15-6-7-20-18(11-15)21(2)3/h6-7,10-11,13,16H,4-5,8-9,12H2,1-3H3/t16-/m1/s1. The number of rotatable bonds is 5. The van der Waals surface area contributed by atoms with Gasteiger partial charge in [0.1, 0.15) is 5.82 Å². The van der Waals surface area contributed by atoms with Gasteiger partial charge >= 0.3 is 0 Å². The van der Waals surface area contributed by atoms with Gasteiger partial charge in [-0.2, -0.15) is 0 Å². The molecule has 1 aliphatic heterocycles. The van der Waals surface area contributed by atoms with Crippen molar-refractivity contribution in [3.8, 4) is 0 Å². The highest BCUT2D eigenvalue weighted by Crippen LogP contribution is 2.20. The van der Waals surface area contributed by atoms with Crippen molar-refractivity contribution in [1.29, 1.82) is 0 Å². The van der Waals surface area contributed by atoms with Gasteiger partial charge in [-0.3, -0.25) is 4.79 Å². The van der Waals surface area contributed by atoms with Crippen molar-refractivity contribution in [1.82, 2.24) is 9.88 Å². The number of nitrogens with zero attached hydrogens (tertiary/aromatic N) is 3. The molecule has 2 aromatic rings. The lowest BCUT2D eigenvalue weighted by atomic mass is 10.1. The predicted octanol–water partition coefficient (Wildman–Crippen LogP) is 2.99. The van der Waals surface area contributed by atoms with Crippen LogP contribution in [0.5, 0.6) is 0 Å². The quantitative estimate of drug-likeness (QED) is 0.823. The third-order valence-corrected chi connectivity index (χ3v) is 5.43. The van der Waals surface area contributed by atoms with Gasteiger partial charge in [-0.05, 0) is 54.5 Å². The molecule has 3 rings (SSSR count).